The van der Waals surface area contributed by atoms with E-state index in [2.05, 4.69) is 10.6 Å². The van der Waals surface area contributed by atoms with Crippen molar-refractivity contribution in [3.05, 3.63) is 0 Å². The predicted octanol–water partition coefficient (Wildman–Crippen LogP) is 1.46. The minimum absolute atomic E-state index is 0.00992. The van der Waals surface area contributed by atoms with Crippen LogP contribution in [0.4, 0.5) is 0 Å². The van der Waals surface area contributed by atoms with Gasteiger partial charge in [0, 0.05) is 0 Å². The Kier molecular flexibility index (Phi) is 10.7. The summed E-state index contributed by atoms with van der Waals surface area (Å²) in [7, 11) is 0. The van der Waals surface area contributed by atoms with Gasteiger partial charge in [-0.1, -0.05) is 40.5 Å². The summed E-state index contributed by atoms with van der Waals surface area (Å²) in [4.78, 5) is 51.8. The molecular weight excluding hydrogens is 456 g/mol. The third-order valence-corrected chi connectivity index (χ3v) is 7.38. The standard InChI is InChI=1S/C25H44N2O8/c1-15(2)23(5,6)34-19(30)17(13-28)26-21(32)25(11-9-10-12-25)22(33)27-18(14-29)20(31)35-24(7,8)16(3)4/h15-18,28-29H,9-14H2,1-8H3,(H,26,32)(H,27,33)/t17-,18-/m1/s1. The molecular formula is C25H44N2O8. The molecule has 202 valence electrons. The van der Waals surface area contributed by atoms with Crippen molar-refractivity contribution in [2.75, 3.05) is 13.2 Å². The number of amides is 2. The quantitative estimate of drug-likeness (QED) is 0.232. The average Bonchev–Trinajstić information content (AvgIpc) is 3.25. The first-order chi connectivity index (χ1) is 16.0. The largest absolute Gasteiger partial charge is 0.458 e. The number of ether oxygens (including phenoxy) is 2. The second-order valence-electron chi connectivity index (χ2n) is 11.1. The molecule has 4 N–H and O–H groups in total. The highest BCUT2D eigenvalue weighted by atomic mass is 16.6. The van der Waals surface area contributed by atoms with Gasteiger partial charge in [0.15, 0.2) is 12.1 Å². The van der Waals surface area contributed by atoms with E-state index < -0.39 is 65.7 Å². The van der Waals surface area contributed by atoms with E-state index >= 15 is 0 Å². The van der Waals surface area contributed by atoms with Gasteiger partial charge >= 0.3 is 11.9 Å². The molecule has 2 amide bonds. The summed E-state index contributed by atoms with van der Waals surface area (Å²) in [6.45, 7) is 13.0. The van der Waals surface area contributed by atoms with Crippen molar-refractivity contribution in [1.29, 1.82) is 0 Å². The Balaban J connectivity index is 3.02. The number of nitrogens with one attached hydrogen (secondary N) is 2. The van der Waals surface area contributed by atoms with Gasteiger partial charge in [-0.25, -0.2) is 9.59 Å². The lowest BCUT2D eigenvalue weighted by molar-refractivity contribution is -0.167. The fraction of sp³-hybridized carbons (Fsp3) is 0.840. The highest BCUT2D eigenvalue weighted by Crippen LogP contribution is 2.39. The van der Waals surface area contributed by atoms with Crippen molar-refractivity contribution >= 4 is 23.8 Å². The zero-order valence-corrected chi connectivity index (χ0v) is 22.4. The molecule has 10 heteroatoms. The minimum atomic E-state index is -1.55. The molecule has 0 aliphatic heterocycles. The lowest BCUT2D eigenvalue weighted by atomic mass is 9.83. The molecule has 1 saturated carbocycles. The first kappa shape index (κ1) is 30.8. The molecule has 0 unspecified atom stereocenters. The van der Waals surface area contributed by atoms with Crippen LogP contribution in [0.15, 0.2) is 0 Å². The van der Waals surface area contributed by atoms with Crippen molar-refractivity contribution in [3.63, 3.8) is 0 Å². The maximum Gasteiger partial charge on any atom is 0.331 e. The fourth-order valence-corrected chi connectivity index (χ4v) is 3.38. The lowest BCUT2D eigenvalue weighted by Gasteiger charge is -2.33. The van der Waals surface area contributed by atoms with Gasteiger partial charge in [-0.3, -0.25) is 9.59 Å². The van der Waals surface area contributed by atoms with Gasteiger partial charge in [-0.15, -0.1) is 0 Å². The van der Waals surface area contributed by atoms with Gasteiger partial charge < -0.3 is 30.3 Å². The van der Waals surface area contributed by atoms with Crippen molar-refractivity contribution in [1.82, 2.24) is 10.6 Å². The maximum absolute atomic E-state index is 13.3. The summed E-state index contributed by atoms with van der Waals surface area (Å²) in [6, 6.07) is -2.70. The molecule has 1 fully saturated rings. The molecule has 0 aromatic heterocycles. The Morgan fingerprint density at radius 3 is 1.31 bits per heavy atom. The van der Waals surface area contributed by atoms with E-state index in [1.165, 1.54) is 0 Å². The molecule has 0 saturated heterocycles. The summed E-state index contributed by atoms with van der Waals surface area (Å²) in [5.41, 5.74) is -3.20. The SMILES string of the molecule is CC(C)C(C)(C)OC(=O)[C@@H](CO)NC(=O)C1(C(=O)N[C@H](CO)C(=O)OC(C)(C)C(C)C)CCCC1. The summed E-state index contributed by atoms with van der Waals surface area (Å²) >= 11 is 0. The number of hydrogen-bond acceptors (Lipinski definition) is 8. The van der Waals surface area contributed by atoms with Crippen molar-refractivity contribution in [3.8, 4) is 0 Å². The number of rotatable bonds is 12. The summed E-state index contributed by atoms with van der Waals surface area (Å²) in [5.74, 6) is -3.10. The van der Waals surface area contributed by atoms with Crippen molar-refractivity contribution in [2.45, 2.75) is 104 Å². The number of aliphatic hydroxyl groups excluding tert-OH is 2. The molecule has 0 spiro atoms. The van der Waals surface area contributed by atoms with Crippen LogP contribution >= 0.6 is 0 Å². The van der Waals surface area contributed by atoms with E-state index in [0.717, 1.165) is 0 Å². The average molecular weight is 501 g/mol. The lowest BCUT2D eigenvalue weighted by Crippen LogP contribution is -2.58. The van der Waals surface area contributed by atoms with E-state index in [-0.39, 0.29) is 24.7 Å². The second kappa shape index (κ2) is 12.2. The Bertz CT molecular complexity index is 711. The van der Waals surface area contributed by atoms with Crippen LogP contribution in [0, 0.1) is 17.3 Å². The normalized spacial score (nSPS) is 17.6. The molecule has 2 atom stereocenters. The van der Waals surface area contributed by atoms with E-state index in [1.807, 2.05) is 27.7 Å². The molecule has 1 rings (SSSR count). The molecule has 1 aliphatic rings. The van der Waals surface area contributed by atoms with Gasteiger partial charge in [-0.05, 0) is 52.4 Å². The van der Waals surface area contributed by atoms with Gasteiger partial charge in [-0.2, -0.15) is 0 Å². The first-order valence-electron chi connectivity index (χ1n) is 12.3. The van der Waals surface area contributed by atoms with Gasteiger partial charge in [0.05, 0.1) is 13.2 Å². The van der Waals surface area contributed by atoms with Crippen LogP contribution in [-0.4, -0.2) is 70.5 Å². The van der Waals surface area contributed by atoms with Gasteiger partial charge in [0.2, 0.25) is 11.8 Å². The first-order valence-corrected chi connectivity index (χ1v) is 12.3. The summed E-state index contributed by atoms with van der Waals surface area (Å²) in [6.07, 6.45) is 1.56. The smallest absolute Gasteiger partial charge is 0.331 e. The summed E-state index contributed by atoms with van der Waals surface area (Å²) < 4.78 is 11.0. The van der Waals surface area contributed by atoms with Gasteiger partial charge in [0.1, 0.15) is 16.6 Å². The van der Waals surface area contributed by atoms with E-state index in [9.17, 15) is 29.4 Å². The molecule has 1 aliphatic carbocycles. The number of hydrogen-bond donors (Lipinski definition) is 4. The van der Waals surface area contributed by atoms with Gasteiger partial charge in [0.25, 0.3) is 0 Å². The molecule has 0 aromatic carbocycles. The molecule has 0 heterocycles. The Labute approximate surface area is 208 Å². The summed E-state index contributed by atoms with van der Waals surface area (Å²) in [5, 5.41) is 24.4. The van der Waals surface area contributed by atoms with Crippen molar-refractivity contribution in [2.24, 2.45) is 17.3 Å². The second-order valence-corrected chi connectivity index (χ2v) is 11.1. The van der Waals surface area contributed by atoms with E-state index in [0.29, 0.717) is 12.8 Å². The molecule has 35 heavy (non-hydrogen) atoms. The zero-order valence-electron chi connectivity index (χ0n) is 22.4. The third-order valence-electron chi connectivity index (χ3n) is 7.38. The fourth-order valence-electron chi connectivity index (χ4n) is 3.38. The van der Waals surface area contributed by atoms with Crippen LogP contribution < -0.4 is 10.6 Å². The van der Waals surface area contributed by atoms with Crippen LogP contribution in [0.5, 0.6) is 0 Å². The Morgan fingerprint density at radius 2 is 1.06 bits per heavy atom. The topological polar surface area (TPSA) is 151 Å². The van der Waals surface area contributed by atoms with Crippen LogP contribution in [0.2, 0.25) is 0 Å². The number of carbonyl (C=O) groups is 4. The number of carbonyl (C=O) groups excluding carboxylic acids is 4. The Morgan fingerprint density at radius 1 is 0.743 bits per heavy atom. The van der Waals surface area contributed by atoms with E-state index in [4.69, 9.17) is 9.47 Å². The molecule has 10 nitrogen and oxygen atoms in total. The predicted molar refractivity (Wildman–Crippen MR) is 129 cm³/mol. The molecule has 0 radical (unpaired) electrons. The third kappa shape index (κ3) is 7.64. The van der Waals surface area contributed by atoms with Crippen LogP contribution in [0.3, 0.4) is 0 Å². The monoisotopic (exact) mass is 500 g/mol. The van der Waals surface area contributed by atoms with E-state index in [1.54, 1.807) is 27.7 Å². The molecule has 0 bridgehead atoms. The van der Waals surface area contributed by atoms with Crippen LogP contribution in [-0.2, 0) is 28.7 Å². The minimum Gasteiger partial charge on any atom is -0.458 e. The highest BCUT2D eigenvalue weighted by molar-refractivity contribution is 6.07. The maximum atomic E-state index is 13.3. The zero-order chi connectivity index (χ0) is 27.2. The van der Waals surface area contributed by atoms with Crippen LogP contribution in [0.25, 0.3) is 0 Å². The Hall–Kier alpha value is -2.20. The number of esters is 2. The molecule has 0 aromatic rings. The number of aliphatic hydroxyl groups is 2. The van der Waals surface area contributed by atoms with Crippen LogP contribution in [0.1, 0.15) is 81.1 Å². The highest BCUT2D eigenvalue weighted by Gasteiger charge is 2.50. The van der Waals surface area contributed by atoms with Crippen molar-refractivity contribution < 1.29 is 38.9 Å².